The van der Waals surface area contributed by atoms with Crippen LogP contribution in [0.25, 0.3) is 27.5 Å². The molecule has 1 saturated heterocycles. The van der Waals surface area contributed by atoms with E-state index in [0.717, 1.165) is 30.4 Å². The van der Waals surface area contributed by atoms with E-state index in [2.05, 4.69) is 30.3 Å². The highest BCUT2D eigenvalue weighted by Crippen LogP contribution is 2.39. The lowest BCUT2D eigenvalue weighted by Gasteiger charge is -2.19. The minimum atomic E-state index is -0.650. The van der Waals surface area contributed by atoms with E-state index < -0.39 is 10.8 Å². The number of furan rings is 1. The van der Waals surface area contributed by atoms with Gasteiger partial charge in [0.05, 0.1) is 5.25 Å². The fraction of sp³-hybridized carbons (Fsp3) is 0.263. The minimum absolute atomic E-state index is 0.269. The highest BCUT2D eigenvalue weighted by molar-refractivity contribution is 7.86. The maximum absolute atomic E-state index is 12.2. The monoisotopic (exact) mass is 308 g/mol. The van der Waals surface area contributed by atoms with Crippen LogP contribution >= 0.6 is 0 Å². The molecule has 0 spiro atoms. The molecule has 2 nitrogen and oxygen atoms in total. The standard InChI is InChI=1S/C19H16O2S/c20-22-14-6-7-15(22)10-13(9-14)12-5-8-19-17(11-12)16-3-1-2-4-18(16)21-19/h1-5,8-9,11,14-15H,6-7,10H2. The zero-order valence-corrected chi connectivity index (χ0v) is 12.9. The first-order chi connectivity index (χ1) is 10.8. The summed E-state index contributed by atoms with van der Waals surface area (Å²) in [5.74, 6) is 0. The number of para-hydroxylation sites is 1. The molecule has 3 atom stereocenters. The molecule has 0 radical (unpaired) electrons. The van der Waals surface area contributed by atoms with Gasteiger partial charge in [0.1, 0.15) is 11.2 Å². The molecule has 2 aromatic carbocycles. The zero-order chi connectivity index (χ0) is 14.7. The lowest BCUT2D eigenvalue weighted by atomic mass is 9.99. The average Bonchev–Trinajstić information content (AvgIpc) is 2.98. The second-order valence-electron chi connectivity index (χ2n) is 6.27. The zero-order valence-electron chi connectivity index (χ0n) is 12.1. The van der Waals surface area contributed by atoms with Gasteiger partial charge >= 0.3 is 0 Å². The van der Waals surface area contributed by atoms with E-state index in [-0.39, 0.29) is 5.25 Å². The van der Waals surface area contributed by atoms with E-state index in [1.165, 1.54) is 21.9 Å². The fourth-order valence-corrected chi connectivity index (χ4v) is 5.72. The Labute approximate surface area is 131 Å². The van der Waals surface area contributed by atoms with Gasteiger partial charge in [0, 0.05) is 26.8 Å². The summed E-state index contributed by atoms with van der Waals surface area (Å²) in [6.07, 6.45) is 5.39. The molecule has 0 amide bonds. The summed E-state index contributed by atoms with van der Waals surface area (Å²) >= 11 is 0. The second kappa shape index (κ2) is 4.56. The maximum atomic E-state index is 12.2. The van der Waals surface area contributed by atoms with Gasteiger partial charge in [-0.1, -0.05) is 30.3 Å². The minimum Gasteiger partial charge on any atom is -0.456 e. The van der Waals surface area contributed by atoms with Crippen LogP contribution in [0.5, 0.6) is 0 Å². The molecule has 0 aliphatic carbocycles. The maximum Gasteiger partial charge on any atom is 0.135 e. The molecule has 5 rings (SSSR count). The summed E-state index contributed by atoms with van der Waals surface area (Å²) in [5.41, 5.74) is 4.49. The van der Waals surface area contributed by atoms with E-state index >= 15 is 0 Å². The van der Waals surface area contributed by atoms with Crippen LogP contribution < -0.4 is 0 Å². The van der Waals surface area contributed by atoms with Gasteiger partial charge in [0.15, 0.2) is 0 Å². The number of hydrogen-bond donors (Lipinski definition) is 0. The predicted molar refractivity (Wildman–Crippen MR) is 91.3 cm³/mol. The van der Waals surface area contributed by atoms with Crippen molar-refractivity contribution in [3.8, 4) is 0 Å². The van der Waals surface area contributed by atoms with Crippen molar-refractivity contribution < 1.29 is 8.63 Å². The fourth-order valence-electron chi connectivity index (χ4n) is 3.84. The average molecular weight is 308 g/mol. The van der Waals surface area contributed by atoms with Crippen LogP contribution in [0.15, 0.2) is 53.0 Å². The van der Waals surface area contributed by atoms with Crippen LogP contribution in [0.4, 0.5) is 0 Å². The van der Waals surface area contributed by atoms with E-state index in [9.17, 15) is 4.21 Å². The van der Waals surface area contributed by atoms with Gasteiger partial charge in [-0.25, -0.2) is 0 Å². The number of hydrogen-bond acceptors (Lipinski definition) is 2. The van der Waals surface area contributed by atoms with Crippen LogP contribution in [0, 0.1) is 0 Å². The molecule has 3 heteroatoms. The SMILES string of the molecule is O=S1C2C=C(c3ccc4oc5ccccc5c4c3)CC1CC2. The molecule has 22 heavy (non-hydrogen) atoms. The molecule has 1 fully saturated rings. The van der Waals surface area contributed by atoms with E-state index in [1.54, 1.807) is 0 Å². The third-order valence-electron chi connectivity index (χ3n) is 4.98. The van der Waals surface area contributed by atoms with E-state index in [4.69, 9.17) is 4.42 Å². The van der Waals surface area contributed by atoms with Gasteiger partial charge in [0.2, 0.25) is 0 Å². The van der Waals surface area contributed by atoms with Gasteiger partial charge in [-0.05, 0) is 48.6 Å². The van der Waals surface area contributed by atoms with Gasteiger partial charge in [-0.2, -0.15) is 0 Å². The Morgan fingerprint density at radius 1 is 1.00 bits per heavy atom. The smallest absolute Gasteiger partial charge is 0.135 e. The highest BCUT2D eigenvalue weighted by Gasteiger charge is 2.36. The first-order valence-corrected chi connectivity index (χ1v) is 9.09. The molecule has 2 aliphatic rings. The van der Waals surface area contributed by atoms with Crippen molar-refractivity contribution in [2.75, 3.05) is 0 Å². The summed E-state index contributed by atoms with van der Waals surface area (Å²) in [5, 5.41) is 2.97. The van der Waals surface area contributed by atoms with Crippen LogP contribution in [0.1, 0.15) is 24.8 Å². The van der Waals surface area contributed by atoms with Crippen LogP contribution in [-0.2, 0) is 10.8 Å². The van der Waals surface area contributed by atoms with Gasteiger partial charge in [-0.3, -0.25) is 4.21 Å². The normalized spacial score (nSPS) is 27.5. The first kappa shape index (κ1) is 12.7. The Morgan fingerprint density at radius 3 is 2.77 bits per heavy atom. The van der Waals surface area contributed by atoms with Gasteiger partial charge in [-0.15, -0.1) is 0 Å². The van der Waals surface area contributed by atoms with Crippen molar-refractivity contribution in [1.29, 1.82) is 0 Å². The third kappa shape index (κ3) is 1.75. The van der Waals surface area contributed by atoms with Gasteiger partial charge < -0.3 is 4.42 Å². The molecule has 110 valence electrons. The number of fused-ring (bicyclic) bond motifs is 5. The van der Waals surface area contributed by atoms with Crippen molar-refractivity contribution in [1.82, 2.24) is 0 Å². The Bertz CT molecular complexity index is 950. The van der Waals surface area contributed by atoms with Gasteiger partial charge in [0.25, 0.3) is 0 Å². The molecule has 3 aromatic rings. The summed E-state index contributed by atoms with van der Waals surface area (Å²) in [4.78, 5) is 0. The number of allylic oxidation sites excluding steroid dienone is 1. The van der Waals surface area contributed by atoms with Crippen molar-refractivity contribution in [2.45, 2.75) is 29.8 Å². The molecule has 3 unspecified atom stereocenters. The third-order valence-corrected chi connectivity index (χ3v) is 7.01. The lowest BCUT2D eigenvalue weighted by molar-refractivity contribution is 0.668. The summed E-state index contributed by atoms with van der Waals surface area (Å²) in [6, 6.07) is 14.6. The summed E-state index contributed by atoms with van der Waals surface area (Å²) in [7, 11) is -0.650. The molecule has 2 aliphatic heterocycles. The van der Waals surface area contributed by atoms with Crippen molar-refractivity contribution >= 4 is 38.3 Å². The highest BCUT2D eigenvalue weighted by atomic mass is 32.2. The van der Waals surface area contributed by atoms with E-state index in [0.29, 0.717) is 5.25 Å². The first-order valence-electron chi connectivity index (χ1n) is 7.81. The molecule has 2 bridgehead atoms. The lowest BCUT2D eigenvalue weighted by Crippen LogP contribution is -2.19. The summed E-state index contributed by atoms with van der Waals surface area (Å²) in [6.45, 7) is 0. The Hall–Kier alpha value is -1.87. The Balaban J connectivity index is 1.68. The molecular weight excluding hydrogens is 292 g/mol. The topological polar surface area (TPSA) is 30.2 Å². The summed E-state index contributed by atoms with van der Waals surface area (Å²) < 4.78 is 18.1. The van der Waals surface area contributed by atoms with E-state index in [1.807, 2.05) is 18.2 Å². The molecule has 1 aromatic heterocycles. The molecule has 0 saturated carbocycles. The predicted octanol–water partition coefficient (Wildman–Crippen LogP) is 4.65. The molecule has 0 N–H and O–H groups in total. The van der Waals surface area contributed by atoms with Crippen molar-refractivity contribution in [3.05, 3.63) is 54.1 Å². The Morgan fingerprint density at radius 2 is 1.86 bits per heavy atom. The van der Waals surface area contributed by atoms with Crippen LogP contribution in [-0.4, -0.2) is 14.7 Å². The van der Waals surface area contributed by atoms with Crippen molar-refractivity contribution in [3.63, 3.8) is 0 Å². The van der Waals surface area contributed by atoms with Crippen molar-refractivity contribution in [2.24, 2.45) is 0 Å². The number of rotatable bonds is 1. The number of benzene rings is 2. The largest absolute Gasteiger partial charge is 0.456 e. The molecular formula is C19H16O2S. The second-order valence-corrected chi connectivity index (χ2v) is 8.20. The molecule has 3 heterocycles. The Kier molecular flexibility index (Phi) is 2.62. The van der Waals surface area contributed by atoms with Crippen LogP contribution in [0.3, 0.4) is 0 Å². The quantitative estimate of drug-likeness (QED) is 0.655. The van der Waals surface area contributed by atoms with Crippen LogP contribution in [0.2, 0.25) is 0 Å².